The van der Waals surface area contributed by atoms with Gasteiger partial charge >= 0.3 is 5.97 Å². The van der Waals surface area contributed by atoms with Crippen molar-refractivity contribution in [2.45, 2.75) is 51.5 Å². The summed E-state index contributed by atoms with van der Waals surface area (Å²) in [6.07, 6.45) is 8.82. The molecule has 0 aromatic heterocycles. The highest BCUT2D eigenvalue weighted by Gasteiger charge is 2.41. The highest BCUT2D eigenvalue weighted by Crippen LogP contribution is 2.39. The number of benzene rings is 2. The molecule has 186 valence electrons. The molecule has 1 N–H and O–H groups in total. The Morgan fingerprint density at radius 1 is 1.09 bits per heavy atom. The standard InChI is InChI=1S/C27H31NO5S2/c1-3-4-5-6-7-11-16-33-21-15-14-19(17-22(21)32-2)18-23-25(29)28(27(34)35-23)24(26(30)31)20-12-9-8-10-13-20/h8-10,12-15,17-18,24H,3-7,11,16H2,1-2H3,(H,30,31)/b23-18-/t24-/m0/s1. The van der Waals surface area contributed by atoms with Gasteiger partial charge in [0, 0.05) is 0 Å². The summed E-state index contributed by atoms with van der Waals surface area (Å²) in [6, 6.07) is 12.9. The van der Waals surface area contributed by atoms with E-state index in [1.807, 2.05) is 12.1 Å². The van der Waals surface area contributed by atoms with Gasteiger partial charge in [0.15, 0.2) is 17.5 Å². The Balaban J connectivity index is 1.70. The molecule has 35 heavy (non-hydrogen) atoms. The zero-order chi connectivity index (χ0) is 25.2. The molecule has 1 heterocycles. The summed E-state index contributed by atoms with van der Waals surface area (Å²) in [6.45, 7) is 2.83. The number of carboxylic acids is 1. The lowest BCUT2D eigenvalue weighted by atomic mass is 10.1. The molecule has 8 heteroatoms. The number of amides is 1. The zero-order valence-electron chi connectivity index (χ0n) is 20.1. The number of thiocarbonyl (C=S) groups is 1. The Morgan fingerprint density at radius 2 is 1.80 bits per heavy atom. The Labute approximate surface area is 216 Å². The van der Waals surface area contributed by atoms with Crippen LogP contribution in [0.2, 0.25) is 0 Å². The maximum absolute atomic E-state index is 13.2. The molecule has 0 radical (unpaired) electrons. The molecule has 1 aliphatic heterocycles. The van der Waals surface area contributed by atoms with Crippen LogP contribution in [-0.4, -0.2) is 39.9 Å². The number of ether oxygens (including phenoxy) is 2. The summed E-state index contributed by atoms with van der Waals surface area (Å²) in [5.74, 6) is -0.338. The number of thioether (sulfide) groups is 1. The minimum atomic E-state index is -1.18. The van der Waals surface area contributed by atoms with Gasteiger partial charge in [-0.3, -0.25) is 9.69 Å². The van der Waals surface area contributed by atoms with Crippen molar-refractivity contribution in [1.29, 1.82) is 0 Å². The second kappa shape index (κ2) is 13.3. The lowest BCUT2D eigenvalue weighted by Gasteiger charge is -2.23. The number of unbranched alkanes of at least 4 members (excludes halogenated alkanes) is 5. The number of carbonyl (C=O) groups is 2. The van der Waals surface area contributed by atoms with Crippen LogP contribution >= 0.6 is 24.0 Å². The maximum Gasteiger partial charge on any atom is 0.331 e. The normalized spacial score (nSPS) is 15.5. The fraction of sp³-hybridized carbons (Fsp3) is 0.370. The van der Waals surface area contributed by atoms with E-state index in [0.29, 0.717) is 28.6 Å². The third-order valence-corrected chi connectivity index (χ3v) is 7.00. The van der Waals surface area contributed by atoms with Gasteiger partial charge in [0.05, 0.1) is 18.6 Å². The number of hydrogen-bond donors (Lipinski definition) is 1. The van der Waals surface area contributed by atoms with Gasteiger partial charge in [-0.2, -0.15) is 0 Å². The van der Waals surface area contributed by atoms with Crippen molar-refractivity contribution in [2.75, 3.05) is 13.7 Å². The Morgan fingerprint density at radius 3 is 2.49 bits per heavy atom. The molecule has 2 aromatic rings. The molecule has 1 fully saturated rings. The number of rotatable bonds is 13. The van der Waals surface area contributed by atoms with Gasteiger partial charge in [0.1, 0.15) is 4.32 Å². The number of aliphatic carboxylic acids is 1. The average molecular weight is 514 g/mol. The lowest BCUT2D eigenvalue weighted by Crippen LogP contribution is -2.37. The quantitative estimate of drug-likeness (QED) is 0.187. The molecule has 1 aliphatic rings. The molecule has 2 aromatic carbocycles. The second-order valence-electron chi connectivity index (χ2n) is 8.23. The largest absolute Gasteiger partial charge is 0.493 e. The van der Waals surface area contributed by atoms with E-state index < -0.39 is 17.9 Å². The minimum absolute atomic E-state index is 0.211. The molecule has 1 amide bonds. The fourth-order valence-electron chi connectivity index (χ4n) is 3.85. The van der Waals surface area contributed by atoms with Crippen LogP contribution in [0.5, 0.6) is 11.5 Å². The monoisotopic (exact) mass is 513 g/mol. The summed E-state index contributed by atoms with van der Waals surface area (Å²) in [7, 11) is 1.58. The van der Waals surface area contributed by atoms with Crippen molar-refractivity contribution >= 4 is 46.3 Å². The van der Waals surface area contributed by atoms with Crippen LogP contribution in [0.1, 0.15) is 62.6 Å². The topological polar surface area (TPSA) is 76.1 Å². The number of hydrogen-bond acceptors (Lipinski definition) is 6. The predicted molar refractivity (Wildman–Crippen MR) is 144 cm³/mol. The van der Waals surface area contributed by atoms with Crippen LogP contribution in [0.25, 0.3) is 6.08 Å². The minimum Gasteiger partial charge on any atom is -0.493 e. The summed E-state index contributed by atoms with van der Waals surface area (Å²) < 4.78 is 11.6. The summed E-state index contributed by atoms with van der Waals surface area (Å²) >= 11 is 6.48. The predicted octanol–water partition coefficient (Wildman–Crippen LogP) is 6.46. The Bertz CT molecular complexity index is 1070. The molecule has 0 aliphatic carbocycles. The smallest absolute Gasteiger partial charge is 0.331 e. The lowest BCUT2D eigenvalue weighted by molar-refractivity contribution is -0.145. The van der Waals surface area contributed by atoms with Gasteiger partial charge in [0.25, 0.3) is 5.91 Å². The number of carbonyl (C=O) groups excluding carboxylic acids is 1. The highest BCUT2D eigenvalue weighted by molar-refractivity contribution is 8.26. The van der Waals surface area contributed by atoms with E-state index in [1.54, 1.807) is 49.6 Å². The van der Waals surface area contributed by atoms with Gasteiger partial charge in [-0.25, -0.2) is 4.79 Å². The number of methoxy groups -OCH3 is 1. The average Bonchev–Trinajstić information content (AvgIpc) is 3.12. The first-order valence-corrected chi connectivity index (χ1v) is 13.0. The van der Waals surface area contributed by atoms with Crippen LogP contribution in [0.4, 0.5) is 0 Å². The fourth-order valence-corrected chi connectivity index (χ4v) is 5.16. The molecule has 0 unspecified atom stereocenters. The van der Waals surface area contributed by atoms with E-state index in [0.717, 1.165) is 30.2 Å². The van der Waals surface area contributed by atoms with Gasteiger partial charge in [0.2, 0.25) is 0 Å². The molecule has 3 rings (SSSR count). The van der Waals surface area contributed by atoms with Gasteiger partial charge in [-0.15, -0.1) is 0 Å². The van der Waals surface area contributed by atoms with E-state index in [1.165, 1.54) is 30.6 Å². The van der Waals surface area contributed by atoms with Crippen molar-refractivity contribution in [2.24, 2.45) is 0 Å². The maximum atomic E-state index is 13.2. The SMILES string of the molecule is CCCCCCCCOc1ccc(/C=C2\SC(=S)N([C@H](C(=O)O)c3ccccc3)C2=O)cc1OC. The first kappa shape index (κ1) is 26.8. The van der Waals surface area contributed by atoms with E-state index in [2.05, 4.69) is 6.92 Å². The number of nitrogens with zero attached hydrogens (tertiary/aromatic N) is 1. The van der Waals surface area contributed by atoms with Gasteiger partial charge < -0.3 is 14.6 Å². The third kappa shape index (κ3) is 7.08. The highest BCUT2D eigenvalue weighted by atomic mass is 32.2. The summed E-state index contributed by atoms with van der Waals surface area (Å²) in [4.78, 5) is 26.7. The summed E-state index contributed by atoms with van der Waals surface area (Å²) in [5, 5.41) is 9.83. The van der Waals surface area contributed by atoms with Crippen molar-refractivity contribution in [3.05, 3.63) is 64.6 Å². The van der Waals surface area contributed by atoms with E-state index in [-0.39, 0.29) is 4.32 Å². The zero-order valence-corrected chi connectivity index (χ0v) is 21.7. The van der Waals surface area contributed by atoms with Crippen molar-refractivity contribution in [1.82, 2.24) is 4.90 Å². The van der Waals surface area contributed by atoms with Crippen LogP contribution in [0, 0.1) is 0 Å². The Hall–Kier alpha value is -2.84. The van der Waals surface area contributed by atoms with Gasteiger partial charge in [-0.05, 0) is 35.8 Å². The first-order chi connectivity index (χ1) is 17.0. The molecule has 6 nitrogen and oxygen atoms in total. The Kier molecular flexibility index (Phi) is 10.2. The molecule has 1 atom stereocenters. The second-order valence-corrected chi connectivity index (χ2v) is 9.91. The molecular formula is C27H31NO5S2. The third-order valence-electron chi connectivity index (χ3n) is 5.67. The van der Waals surface area contributed by atoms with E-state index >= 15 is 0 Å². The van der Waals surface area contributed by atoms with Crippen LogP contribution in [0.3, 0.4) is 0 Å². The van der Waals surface area contributed by atoms with E-state index in [4.69, 9.17) is 21.7 Å². The van der Waals surface area contributed by atoms with Crippen LogP contribution < -0.4 is 9.47 Å². The summed E-state index contributed by atoms with van der Waals surface area (Å²) in [5.41, 5.74) is 1.23. The van der Waals surface area contributed by atoms with Crippen molar-refractivity contribution < 1.29 is 24.2 Å². The van der Waals surface area contributed by atoms with Crippen molar-refractivity contribution in [3.8, 4) is 11.5 Å². The van der Waals surface area contributed by atoms with Crippen LogP contribution in [0.15, 0.2) is 53.4 Å². The first-order valence-electron chi connectivity index (χ1n) is 11.8. The van der Waals surface area contributed by atoms with E-state index in [9.17, 15) is 14.7 Å². The number of carboxylic acid groups (broad SMARTS) is 1. The molecule has 0 bridgehead atoms. The van der Waals surface area contributed by atoms with Gasteiger partial charge in [-0.1, -0.05) is 99.4 Å². The molecule has 0 saturated carbocycles. The molecule has 0 spiro atoms. The molecule has 1 saturated heterocycles. The van der Waals surface area contributed by atoms with Crippen LogP contribution in [-0.2, 0) is 9.59 Å². The van der Waals surface area contributed by atoms with Crippen molar-refractivity contribution in [3.63, 3.8) is 0 Å². The molecular weight excluding hydrogens is 482 g/mol.